The average molecular weight is 392 g/mol. The summed E-state index contributed by atoms with van der Waals surface area (Å²) in [5.41, 5.74) is 4.39. The van der Waals surface area contributed by atoms with Crippen LogP contribution in [0.1, 0.15) is 49.2 Å². The molecule has 29 heavy (non-hydrogen) atoms. The number of nitrogens with zero attached hydrogens (tertiary/aromatic N) is 2. The van der Waals surface area contributed by atoms with Crippen LogP contribution in [0.25, 0.3) is 11.0 Å². The fraction of sp³-hybridized carbons (Fsp3) is 0.417. The molecule has 0 aliphatic heterocycles. The molecule has 1 aliphatic rings. The molecule has 0 radical (unpaired) electrons. The zero-order valence-electron chi connectivity index (χ0n) is 17.4. The van der Waals surface area contributed by atoms with Crippen LogP contribution in [0.15, 0.2) is 42.5 Å². The summed E-state index contributed by atoms with van der Waals surface area (Å²) < 4.78 is 8.30. The number of nitrogens with one attached hydrogen (secondary N) is 1. The topological polar surface area (TPSA) is 56.1 Å². The Morgan fingerprint density at radius 2 is 1.90 bits per heavy atom. The van der Waals surface area contributed by atoms with Gasteiger partial charge in [0.25, 0.3) is 0 Å². The van der Waals surface area contributed by atoms with Crippen molar-refractivity contribution in [1.82, 2.24) is 14.9 Å². The zero-order chi connectivity index (χ0) is 20.4. The van der Waals surface area contributed by atoms with Crippen molar-refractivity contribution >= 4 is 16.9 Å². The number of hydrogen-bond acceptors (Lipinski definition) is 3. The zero-order valence-corrected chi connectivity index (χ0v) is 17.4. The molecule has 1 unspecified atom stereocenters. The molecule has 0 saturated heterocycles. The highest BCUT2D eigenvalue weighted by Crippen LogP contribution is 2.30. The van der Waals surface area contributed by atoms with Gasteiger partial charge in [-0.1, -0.05) is 30.3 Å². The smallest absolute Gasteiger partial charge is 0.223 e. The summed E-state index contributed by atoms with van der Waals surface area (Å²) in [7, 11) is 0. The quantitative estimate of drug-likeness (QED) is 0.566. The van der Waals surface area contributed by atoms with Crippen molar-refractivity contribution in [3.8, 4) is 5.75 Å². The highest BCUT2D eigenvalue weighted by Gasteiger charge is 2.31. The number of fused-ring (bicyclic) bond motifs is 1. The molecule has 2 aromatic carbocycles. The van der Waals surface area contributed by atoms with E-state index in [1.165, 1.54) is 0 Å². The SMILES string of the molecule is Cc1cccc(C)c1OCCCn1c(C(C)NC(=O)C2CC2)nc2ccccc21. The minimum atomic E-state index is -0.116. The molecule has 4 rings (SSSR count). The van der Waals surface area contributed by atoms with E-state index < -0.39 is 0 Å². The van der Waals surface area contributed by atoms with E-state index in [0.29, 0.717) is 6.61 Å². The van der Waals surface area contributed by atoms with E-state index in [0.717, 1.165) is 59.5 Å². The molecule has 1 atom stereocenters. The van der Waals surface area contributed by atoms with Gasteiger partial charge in [-0.15, -0.1) is 0 Å². The van der Waals surface area contributed by atoms with Crippen LogP contribution in [-0.2, 0) is 11.3 Å². The third-order valence-corrected chi connectivity index (χ3v) is 5.56. The Morgan fingerprint density at radius 1 is 1.17 bits per heavy atom. The Morgan fingerprint density at radius 3 is 2.62 bits per heavy atom. The van der Waals surface area contributed by atoms with Crippen LogP contribution in [0.3, 0.4) is 0 Å². The number of hydrogen-bond donors (Lipinski definition) is 1. The van der Waals surface area contributed by atoms with Gasteiger partial charge < -0.3 is 14.6 Å². The minimum absolute atomic E-state index is 0.116. The van der Waals surface area contributed by atoms with Crippen molar-refractivity contribution in [3.63, 3.8) is 0 Å². The molecular weight excluding hydrogens is 362 g/mol. The summed E-state index contributed by atoms with van der Waals surface area (Å²) in [6, 6.07) is 14.2. The molecule has 0 spiro atoms. The van der Waals surface area contributed by atoms with Crippen LogP contribution in [0.2, 0.25) is 0 Å². The first-order valence-corrected chi connectivity index (χ1v) is 10.5. The van der Waals surface area contributed by atoms with E-state index in [4.69, 9.17) is 9.72 Å². The van der Waals surface area contributed by atoms with Crippen LogP contribution in [0.4, 0.5) is 0 Å². The van der Waals surface area contributed by atoms with E-state index in [1.807, 2.05) is 25.1 Å². The summed E-state index contributed by atoms with van der Waals surface area (Å²) in [5.74, 6) is 2.23. The fourth-order valence-electron chi connectivity index (χ4n) is 3.82. The van der Waals surface area contributed by atoms with Crippen molar-refractivity contribution < 1.29 is 9.53 Å². The van der Waals surface area contributed by atoms with Crippen LogP contribution >= 0.6 is 0 Å². The largest absolute Gasteiger partial charge is 0.493 e. The van der Waals surface area contributed by atoms with E-state index in [9.17, 15) is 4.79 Å². The van der Waals surface area contributed by atoms with Crippen molar-refractivity contribution in [1.29, 1.82) is 0 Å². The summed E-state index contributed by atoms with van der Waals surface area (Å²) >= 11 is 0. The van der Waals surface area contributed by atoms with Gasteiger partial charge in [-0.3, -0.25) is 4.79 Å². The average Bonchev–Trinajstić information content (AvgIpc) is 3.49. The van der Waals surface area contributed by atoms with Gasteiger partial charge in [-0.05, 0) is 63.3 Å². The predicted molar refractivity (Wildman–Crippen MR) is 115 cm³/mol. The van der Waals surface area contributed by atoms with Gasteiger partial charge in [-0.2, -0.15) is 0 Å². The second-order valence-corrected chi connectivity index (χ2v) is 8.04. The third kappa shape index (κ3) is 4.29. The molecule has 0 bridgehead atoms. The van der Waals surface area contributed by atoms with E-state index in [2.05, 4.69) is 48.0 Å². The number of aryl methyl sites for hydroxylation is 3. The predicted octanol–water partition coefficient (Wildman–Crippen LogP) is 4.71. The highest BCUT2D eigenvalue weighted by molar-refractivity contribution is 5.81. The molecule has 1 heterocycles. The van der Waals surface area contributed by atoms with Crippen molar-refractivity contribution in [3.05, 3.63) is 59.4 Å². The number of amides is 1. The van der Waals surface area contributed by atoms with E-state index >= 15 is 0 Å². The number of imidazole rings is 1. The fourth-order valence-corrected chi connectivity index (χ4v) is 3.82. The van der Waals surface area contributed by atoms with Crippen molar-refractivity contribution in [2.45, 2.75) is 52.6 Å². The van der Waals surface area contributed by atoms with Gasteiger partial charge in [0.1, 0.15) is 11.6 Å². The molecule has 1 aliphatic carbocycles. The molecule has 3 aromatic rings. The van der Waals surface area contributed by atoms with Crippen molar-refractivity contribution in [2.75, 3.05) is 6.61 Å². The molecule has 1 saturated carbocycles. The maximum atomic E-state index is 12.2. The minimum Gasteiger partial charge on any atom is -0.493 e. The van der Waals surface area contributed by atoms with Gasteiger partial charge in [0, 0.05) is 12.5 Å². The molecular formula is C24H29N3O2. The first kappa shape index (κ1) is 19.5. The van der Waals surface area contributed by atoms with Gasteiger partial charge in [0.15, 0.2) is 0 Å². The standard InChI is InChI=1S/C24H29N3O2/c1-16-8-6-9-17(2)22(16)29-15-7-14-27-21-11-5-4-10-20(21)26-23(27)18(3)25-24(28)19-12-13-19/h4-6,8-11,18-19H,7,12-15H2,1-3H3,(H,25,28). The second kappa shape index (κ2) is 8.27. The van der Waals surface area contributed by atoms with Crippen LogP contribution in [0.5, 0.6) is 5.75 Å². The molecule has 5 nitrogen and oxygen atoms in total. The first-order chi connectivity index (χ1) is 14.0. The Bertz CT molecular complexity index is 1000. The first-order valence-electron chi connectivity index (χ1n) is 10.5. The number of benzene rings is 2. The Hall–Kier alpha value is -2.82. The number of carbonyl (C=O) groups excluding carboxylic acids is 1. The number of para-hydroxylation sites is 3. The summed E-state index contributed by atoms with van der Waals surface area (Å²) in [4.78, 5) is 17.0. The summed E-state index contributed by atoms with van der Waals surface area (Å²) in [6.07, 6.45) is 2.87. The molecule has 1 N–H and O–H groups in total. The lowest BCUT2D eigenvalue weighted by atomic mass is 10.1. The van der Waals surface area contributed by atoms with E-state index in [-0.39, 0.29) is 17.9 Å². The Labute approximate surface area is 172 Å². The highest BCUT2D eigenvalue weighted by atomic mass is 16.5. The second-order valence-electron chi connectivity index (χ2n) is 8.04. The maximum absolute atomic E-state index is 12.2. The summed E-state index contributed by atoms with van der Waals surface area (Å²) in [5, 5.41) is 3.14. The number of aromatic nitrogens is 2. The van der Waals surface area contributed by atoms with Crippen LogP contribution in [0, 0.1) is 19.8 Å². The van der Waals surface area contributed by atoms with Crippen molar-refractivity contribution in [2.24, 2.45) is 5.92 Å². The lowest BCUT2D eigenvalue weighted by molar-refractivity contribution is -0.123. The molecule has 1 aromatic heterocycles. The van der Waals surface area contributed by atoms with Gasteiger partial charge in [0.2, 0.25) is 5.91 Å². The summed E-state index contributed by atoms with van der Waals surface area (Å²) in [6.45, 7) is 7.61. The van der Waals surface area contributed by atoms with Gasteiger partial charge in [0.05, 0.1) is 23.7 Å². The molecule has 1 amide bonds. The Kier molecular flexibility index (Phi) is 5.56. The number of rotatable bonds is 8. The molecule has 1 fully saturated rings. The number of carbonyl (C=O) groups is 1. The Balaban J connectivity index is 1.47. The lowest BCUT2D eigenvalue weighted by Gasteiger charge is -2.17. The van der Waals surface area contributed by atoms with Gasteiger partial charge in [-0.25, -0.2) is 4.98 Å². The lowest BCUT2D eigenvalue weighted by Crippen LogP contribution is -2.30. The normalized spacial score (nSPS) is 14.7. The molecule has 5 heteroatoms. The van der Waals surface area contributed by atoms with E-state index in [1.54, 1.807) is 0 Å². The molecule has 152 valence electrons. The van der Waals surface area contributed by atoms with Crippen LogP contribution in [-0.4, -0.2) is 22.1 Å². The van der Waals surface area contributed by atoms with Gasteiger partial charge >= 0.3 is 0 Å². The number of ether oxygens (including phenoxy) is 1. The van der Waals surface area contributed by atoms with Crippen LogP contribution < -0.4 is 10.1 Å². The monoisotopic (exact) mass is 391 g/mol. The third-order valence-electron chi connectivity index (χ3n) is 5.56. The maximum Gasteiger partial charge on any atom is 0.223 e.